The van der Waals surface area contributed by atoms with Crippen LogP contribution in [-0.2, 0) is 0 Å². The molecule has 2 unspecified atom stereocenters. The molecular weight excluding hydrogens is 261 g/mol. The van der Waals surface area contributed by atoms with Gasteiger partial charge >= 0.3 is 0 Å². The molecule has 0 aliphatic carbocycles. The van der Waals surface area contributed by atoms with Crippen LogP contribution in [0.2, 0.25) is 0 Å². The second-order valence-electron chi connectivity index (χ2n) is 5.52. The molecule has 0 heterocycles. The summed E-state index contributed by atoms with van der Waals surface area (Å²) in [6, 6.07) is 15.5. The first-order chi connectivity index (χ1) is 10.2. The zero-order valence-electron chi connectivity index (χ0n) is 13.1. The van der Waals surface area contributed by atoms with Gasteiger partial charge in [-0.15, -0.1) is 0 Å². The molecule has 1 nitrogen and oxygen atoms in total. The summed E-state index contributed by atoms with van der Waals surface area (Å²) in [4.78, 5) is 0. The van der Waals surface area contributed by atoms with E-state index in [0.29, 0.717) is 5.92 Å². The van der Waals surface area contributed by atoms with E-state index in [0.717, 1.165) is 18.5 Å². The summed E-state index contributed by atoms with van der Waals surface area (Å²) >= 11 is 0. The van der Waals surface area contributed by atoms with Crippen LogP contribution in [0.3, 0.4) is 0 Å². The maximum Gasteiger partial charge on any atom is 0.123 e. The summed E-state index contributed by atoms with van der Waals surface area (Å²) in [7, 11) is 0. The van der Waals surface area contributed by atoms with Crippen molar-refractivity contribution >= 4 is 0 Å². The lowest BCUT2D eigenvalue weighted by molar-refractivity contribution is 0.603. The first kappa shape index (κ1) is 15.7. The monoisotopic (exact) mass is 285 g/mol. The molecule has 2 aromatic carbocycles. The lowest BCUT2D eigenvalue weighted by atomic mass is 9.93. The Bertz CT molecular complexity index is 562. The molecule has 21 heavy (non-hydrogen) atoms. The maximum absolute atomic E-state index is 13.5. The second-order valence-corrected chi connectivity index (χ2v) is 5.52. The van der Waals surface area contributed by atoms with E-state index in [1.807, 2.05) is 6.07 Å². The number of hydrogen-bond acceptors (Lipinski definition) is 1. The average molecular weight is 285 g/mol. The van der Waals surface area contributed by atoms with Crippen LogP contribution >= 0.6 is 0 Å². The molecule has 0 spiro atoms. The van der Waals surface area contributed by atoms with Crippen LogP contribution < -0.4 is 5.32 Å². The summed E-state index contributed by atoms with van der Waals surface area (Å²) in [5.74, 6) is 0.387. The fraction of sp³-hybridized carbons (Fsp3) is 0.368. The molecule has 0 fully saturated rings. The van der Waals surface area contributed by atoms with Crippen LogP contribution in [0, 0.1) is 5.82 Å². The Labute approximate surface area is 127 Å². The van der Waals surface area contributed by atoms with E-state index in [1.165, 1.54) is 17.2 Å². The minimum absolute atomic E-state index is 0.0386. The zero-order chi connectivity index (χ0) is 15.2. The molecule has 1 N–H and O–H groups in total. The molecule has 2 atom stereocenters. The minimum Gasteiger partial charge on any atom is -0.307 e. The van der Waals surface area contributed by atoms with Gasteiger partial charge in [-0.25, -0.2) is 4.39 Å². The van der Waals surface area contributed by atoms with Gasteiger partial charge in [0, 0.05) is 0 Å². The molecular formula is C19H24FN. The number of nitrogens with one attached hydrogen (secondary N) is 1. The normalized spacial score (nSPS) is 13.9. The van der Waals surface area contributed by atoms with Gasteiger partial charge in [-0.2, -0.15) is 0 Å². The van der Waals surface area contributed by atoms with E-state index in [1.54, 1.807) is 12.1 Å². The summed E-state index contributed by atoms with van der Waals surface area (Å²) in [5, 5.41) is 3.44. The predicted molar refractivity (Wildman–Crippen MR) is 87.1 cm³/mol. The van der Waals surface area contributed by atoms with Crippen LogP contribution in [-0.4, -0.2) is 6.54 Å². The van der Waals surface area contributed by atoms with Gasteiger partial charge in [-0.1, -0.05) is 57.2 Å². The topological polar surface area (TPSA) is 12.0 Å². The van der Waals surface area contributed by atoms with Crippen molar-refractivity contribution in [2.24, 2.45) is 0 Å². The van der Waals surface area contributed by atoms with Crippen LogP contribution in [0.5, 0.6) is 0 Å². The maximum atomic E-state index is 13.5. The first-order valence-electron chi connectivity index (χ1n) is 7.74. The van der Waals surface area contributed by atoms with Crippen molar-refractivity contribution in [2.75, 3.05) is 6.54 Å². The summed E-state index contributed by atoms with van der Waals surface area (Å²) in [5.41, 5.74) is 3.50. The Morgan fingerprint density at radius 1 is 0.952 bits per heavy atom. The first-order valence-corrected chi connectivity index (χ1v) is 7.74. The van der Waals surface area contributed by atoms with E-state index in [2.05, 4.69) is 50.4 Å². The largest absolute Gasteiger partial charge is 0.307 e. The molecule has 2 aromatic rings. The molecule has 0 bridgehead atoms. The highest BCUT2D eigenvalue weighted by molar-refractivity contribution is 5.34. The van der Waals surface area contributed by atoms with Crippen molar-refractivity contribution in [3.8, 4) is 0 Å². The molecule has 0 saturated carbocycles. The predicted octanol–water partition coefficient (Wildman–Crippen LogP) is 5.04. The summed E-state index contributed by atoms with van der Waals surface area (Å²) in [6.45, 7) is 7.35. The highest BCUT2D eigenvalue weighted by Gasteiger charge is 2.14. The standard InChI is InChI=1S/C19H24FN/c1-4-14(3)15-9-11-16(12-10-15)19(21-5-2)17-7-6-8-18(20)13-17/h6-14,19,21H,4-5H2,1-3H3. The van der Waals surface area contributed by atoms with Gasteiger partial charge in [0.15, 0.2) is 0 Å². The van der Waals surface area contributed by atoms with Crippen LogP contribution in [0.4, 0.5) is 4.39 Å². The third-order valence-corrected chi connectivity index (χ3v) is 4.04. The van der Waals surface area contributed by atoms with Gasteiger partial charge in [0.1, 0.15) is 5.82 Å². The number of rotatable bonds is 6. The van der Waals surface area contributed by atoms with E-state index >= 15 is 0 Å². The van der Waals surface area contributed by atoms with E-state index < -0.39 is 0 Å². The molecule has 112 valence electrons. The van der Waals surface area contributed by atoms with Gasteiger partial charge in [0.25, 0.3) is 0 Å². The third-order valence-electron chi connectivity index (χ3n) is 4.04. The summed E-state index contributed by atoms with van der Waals surface area (Å²) in [6.07, 6.45) is 1.14. The fourth-order valence-corrected chi connectivity index (χ4v) is 2.57. The van der Waals surface area contributed by atoms with Crippen molar-refractivity contribution in [1.82, 2.24) is 5.32 Å². The lowest BCUT2D eigenvalue weighted by Crippen LogP contribution is -2.22. The van der Waals surface area contributed by atoms with E-state index in [-0.39, 0.29) is 11.9 Å². The Morgan fingerprint density at radius 3 is 2.19 bits per heavy atom. The molecule has 0 aromatic heterocycles. The molecule has 2 rings (SSSR count). The van der Waals surface area contributed by atoms with Crippen molar-refractivity contribution in [2.45, 2.75) is 39.2 Å². The van der Waals surface area contributed by atoms with Gasteiger partial charge in [0.05, 0.1) is 6.04 Å². The van der Waals surface area contributed by atoms with Crippen molar-refractivity contribution in [1.29, 1.82) is 0 Å². The van der Waals surface area contributed by atoms with Crippen molar-refractivity contribution in [3.05, 3.63) is 71.0 Å². The average Bonchev–Trinajstić information content (AvgIpc) is 2.52. The SMILES string of the molecule is CCNC(c1ccc(C(C)CC)cc1)c1cccc(F)c1. The van der Waals surface area contributed by atoms with E-state index in [9.17, 15) is 4.39 Å². The smallest absolute Gasteiger partial charge is 0.123 e. The highest BCUT2D eigenvalue weighted by atomic mass is 19.1. The Kier molecular flexibility index (Phi) is 5.51. The molecule has 2 heteroatoms. The Hall–Kier alpha value is -1.67. The highest BCUT2D eigenvalue weighted by Crippen LogP contribution is 2.25. The van der Waals surface area contributed by atoms with Crippen molar-refractivity contribution in [3.63, 3.8) is 0 Å². The quantitative estimate of drug-likeness (QED) is 0.784. The van der Waals surface area contributed by atoms with Crippen LogP contribution in [0.15, 0.2) is 48.5 Å². The van der Waals surface area contributed by atoms with Gasteiger partial charge < -0.3 is 5.32 Å². The molecule has 0 aliphatic rings. The molecule has 0 aliphatic heterocycles. The second kappa shape index (κ2) is 7.37. The lowest BCUT2D eigenvalue weighted by Gasteiger charge is -2.20. The van der Waals surface area contributed by atoms with Crippen LogP contribution in [0.25, 0.3) is 0 Å². The van der Waals surface area contributed by atoms with Gasteiger partial charge in [-0.05, 0) is 47.7 Å². The summed E-state index contributed by atoms with van der Waals surface area (Å²) < 4.78 is 13.5. The Morgan fingerprint density at radius 2 is 1.62 bits per heavy atom. The number of hydrogen-bond donors (Lipinski definition) is 1. The third kappa shape index (κ3) is 3.92. The molecule has 0 amide bonds. The van der Waals surface area contributed by atoms with Crippen LogP contribution in [0.1, 0.15) is 55.8 Å². The van der Waals surface area contributed by atoms with E-state index in [4.69, 9.17) is 0 Å². The zero-order valence-corrected chi connectivity index (χ0v) is 13.1. The Balaban J connectivity index is 2.30. The van der Waals surface area contributed by atoms with Gasteiger partial charge in [-0.3, -0.25) is 0 Å². The van der Waals surface area contributed by atoms with Gasteiger partial charge in [0.2, 0.25) is 0 Å². The number of benzene rings is 2. The van der Waals surface area contributed by atoms with Crippen molar-refractivity contribution < 1.29 is 4.39 Å². The molecule has 0 saturated heterocycles. The minimum atomic E-state index is -0.188. The number of halogens is 1. The molecule has 0 radical (unpaired) electrons. The fourth-order valence-electron chi connectivity index (χ4n) is 2.57.